The Labute approximate surface area is 202 Å². The Morgan fingerprint density at radius 3 is 2.43 bits per heavy atom. The number of anilines is 2. The summed E-state index contributed by atoms with van der Waals surface area (Å²) in [4.78, 5) is 29.7. The molecular weight excluding hydrogens is 446 g/mol. The van der Waals surface area contributed by atoms with Gasteiger partial charge in [-0.05, 0) is 61.0 Å². The number of carbonyl (C=O) groups excluding carboxylic acids is 2. The summed E-state index contributed by atoms with van der Waals surface area (Å²) in [6, 6.07) is 19.4. The largest absolute Gasteiger partial charge is 0.495 e. The van der Waals surface area contributed by atoms with Gasteiger partial charge in [-0.25, -0.2) is 0 Å². The highest BCUT2D eigenvalue weighted by atomic mass is 16.5. The molecule has 2 N–H and O–H groups in total. The second-order valence-corrected chi connectivity index (χ2v) is 7.69. The number of para-hydroxylation sites is 2. The van der Waals surface area contributed by atoms with Crippen molar-refractivity contribution < 1.29 is 23.8 Å². The number of hydrogen-bond donors (Lipinski definition) is 2. The summed E-state index contributed by atoms with van der Waals surface area (Å²) in [6.07, 6.45) is 1.72. The SMILES string of the molecule is COc1ccccc1NC(=O)COc1ccc(C(=O)Nc2ccc(C)c3ncccc23)cc1OC. The van der Waals surface area contributed by atoms with E-state index < -0.39 is 0 Å². The van der Waals surface area contributed by atoms with Crippen LogP contribution < -0.4 is 24.8 Å². The average molecular weight is 472 g/mol. The number of nitrogens with one attached hydrogen (secondary N) is 2. The molecule has 0 aliphatic rings. The normalized spacial score (nSPS) is 10.5. The summed E-state index contributed by atoms with van der Waals surface area (Å²) in [5.74, 6) is 0.546. The first kappa shape index (κ1) is 23.6. The van der Waals surface area contributed by atoms with Gasteiger partial charge in [-0.1, -0.05) is 18.2 Å². The van der Waals surface area contributed by atoms with Crippen molar-refractivity contribution in [3.63, 3.8) is 0 Å². The first-order valence-corrected chi connectivity index (χ1v) is 10.9. The Bertz CT molecular complexity index is 1390. The molecular formula is C27H25N3O5. The van der Waals surface area contributed by atoms with Crippen LogP contribution in [0.4, 0.5) is 11.4 Å². The molecule has 0 radical (unpaired) electrons. The highest BCUT2D eigenvalue weighted by Gasteiger charge is 2.15. The molecule has 0 aliphatic carbocycles. The fourth-order valence-electron chi connectivity index (χ4n) is 3.62. The summed E-state index contributed by atoms with van der Waals surface area (Å²) < 4.78 is 16.3. The van der Waals surface area contributed by atoms with Crippen molar-refractivity contribution >= 4 is 34.1 Å². The number of methoxy groups -OCH3 is 2. The van der Waals surface area contributed by atoms with E-state index in [2.05, 4.69) is 15.6 Å². The average Bonchev–Trinajstić information content (AvgIpc) is 2.89. The Hall–Kier alpha value is -4.59. The molecule has 0 spiro atoms. The topological polar surface area (TPSA) is 98.8 Å². The van der Waals surface area contributed by atoms with Crippen LogP contribution in [0.25, 0.3) is 10.9 Å². The fourth-order valence-corrected chi connectivity index (χ4v) is 3.62. The van der Waals surface area contributed by atoms with Gasteiger partial charge in [0.2, 0.25) is 0 Å². The Morgan fingerprint density at radius 1 is 0.829 bits per heavy atom. The number of carbonyl (C=O) groups is 2. The van der Waals surface area contributed by atoms with Gasteiger partial charge in [0.1, 0.15) is 5.75 Å². The first-order chi connectivity index (χ1) is 17.0. The number of ether oxygens (including phenoxy) is 3. The highest BCUT2D eigenvalue weighted by Crippen LogP contribution is 2.30. The number of hydrogen-bond acceptors (Lipinski definition) is 6. The summed E-state index contributed by atoms with van der Waals surface area (Å²) >= 11 is 0. The maximum absolute atomic E-state index is 12.9. The lowest BCUT2D eigenvalue weighted by Gasteiger charge is -2.14. The van der Waals surface area contributed by atoms with Gasteiger partial charge in [-0.2, -0.15) is 0 Å². The van der Waals surface area contributed by atoms with Gasteiger partial charge in [0.15, 0.2) is 18.1 Å². The number of fused-ring (bicyclic) bond motifs is 1. The van der Waals surface area contributed by atoms with E-state index in [1.54, 1.807) is 42.6 Å². The van der Waals surface area contributed by atoms with E-state index in [4.69, 9.17) is 14.2 Å². The van der Waals surface area contributed by atoms with E-state index in [9.17, 15) is 9.59 Å². The van der Waals surface area contributed by atoms with Crippen LogP contribution in [0.3, 0.4) is 0 Å². The van der Waals surface area contributed by atoms with Crippen molar-refractivity contribution in [2.45, 2.75) is 6.92 Å². The maximum Gasteiger partial charge on any atom is 0.262 e. The van der Waals surface area contributed by atoms with E-state index in [0.717, 1.165) is 16.5 Å². The molecule has 0 saturated carbocycles. The highest BCUT2D eigenvalue weighted by molar-refractivity contribution is 6.09. The number of aryl methyl sites for hydroxylation is 1. The van der Waals surface area contributed by atoms with Crippen LogP contribution >= 0.6 is 0 Å². The van der Waals surface area contributed by atoms with Crippen molar-refractivity contribution in [2.24, 2.45) is 0 Å². The Kier molecular flexibility index (Phi) is 7.11. The Morgan fingerprint density at radius 2 is 1.63 bits per heavy atom. The van der Waals surface area contributed by atoms with E-state index in [-0.39, 0.29) is 18.4 Å². The molecule has 2 amide bonds. The monoisotopic (exact) mass is 471 g/mol. The van der Waals surface area contributed by atoms with Gasteiger partial charge in [-0.3, -0.25) is 14.6 Å². The zero-order chi connectivity index (χ0) is 24.8. The number of nitrogens with zero attached hydrogens (tertiary/aromatic N) is 1. The van der Waals surface area contributed by atoms with Crippen LogP contribution in [-0.4, -0.2) is 37.6 Å². The number of rotatable bonds is 8. The summed E-state index contributed by atoms with van der Waals surface area (Å²) in [5.41, 5.74) is 3.44. The van der Waals surface area contributed by atoms with Crippen LogP contribution in [0.5, 0.6) is 17.2 Å². The predicted octanol–water partition coefficient (Wildman–Crippen LogP) is 4.83. The molecule has 0 aliphatic heterocycles. The van der Waals surface area contributed by atoms with Gasteiger partial charge in [-0.15, -0.1) is 0 Å². The molecule has 0 fully saturated rings. The molecule has 0 bridgehead atoms. The molecule has 4 aromatic rings. The van der Waals surface area contributed by atoms with E-state index in [0.29, 0.717) is 34.2 Å². The molecule has 8 nitrogen and oxygen atoms in total. The van der Waals surface area contributed by atoms with E-state index in [1.807, 2.05) is 37.3 Å². The smallest absolute Gasteiger partial charge is 0.262 e. The third kappa shape index (κ3) is 5.33. The first-order valence-electron chi connectivity index (χ1n) is 10.9. The second-order valence-electron chi connectivity index (χ2n) is 7.69. The quantitative estimate of drug-likeness (QED) is 0.382. The minimum absolute atomic E-state index is 0.248. The van der Waals surface area contributed by atoms with Crippen LogP contribution in [0, 0.1) is 6.92 Å². The number of pyridine rings is 1. The summed E-state index contributed by atoms with van der Waals surface area (Å²) in [5, 5.41) is 6.54. The van der Waals surface area contributed by atoms with E-state index in [1.165, 1.54) is 14.2 Å². The van der Waals surface area contributed by atoms with Crippen LogP contribution in [0.15, 0.2) is 72.9 Å². The lowest BCUT2D eigenvalue weighted by atomic mass is 10.1. The molecule has 178 valence electrons. The summed E-state index contributed by atoms with van der Waals surface area (Å²) in [7, 11) is 3.00. The number of amides is 2. The number of benzene rings is 3. The van der Waals surface area contributed by atoms with Gasteiger partial charge in [0.25, 0.3) is 11.8 Å². The van der Waals surface area contributed by atoms with E-state index >= 15 is 0 Å². The minimum Gasteiger partial charge on any atom is -0.495 e. The molecule has 1 aromatic heterocycles. The molecule has 1 heterocycles. The molecule has 8 heteroatoms. The van der Waals surface area contributed by atoms with Crippen molar-refractivity contribution in [2.75, 3.05) is 31.5 Å². The molecule has 0 atom stereocenters. The Balaban J connectivity index is 1.45. The molecule has 35 heavy (non-hydrogen) atoms. The minimum atomic E-state index is -0.363. The zero-order valence-corrected chi connectivity index (χ0v) is 19.6. The molecule has 0 saturated heterocycles. The van der Waals surface area contributed by atoms with Crippen molar-refractivity contribution in [1.82, 2.24) is 4.98 Å². The zero-order valence-electron chi connectivity index (χ0n) is 19.6. The fraction of sp³-hybridized carbons (Fsp3) is 0.148. The lowest BCUT2D eigenvalue weighted by Crippen LogP contribution is -2.20. The number of aromatic nitrogens is 1. The molecule has 0 unspecified atom stereocenters. The van der Waals surface area contributed by atoms with Gasteiger partial charge in [0.05, 0.1) is 31.1 Å². The molecule has 3 aromatic carbocycles. The van der Waals surface area contributed by atoms with Crippen molar-refractivity contribution in [3.8, 4) is 17.2 Å². The third-order valence-corrected chi connectivity index (χ3v) is 5.39. The van der Waals surface area contributed by atoms with Crippen LogP contribution in [0.1, 0.15) is 15.9 Å². The molecule has 4 rings (SSSR count). The summed E-state index contributed by atoms with van der Waals surface area (Å²) in [6.45, 7) is 1.73. The predicted molar refractivity (Wildman–Crippen MR) is 135 cm³/mol. The lowest BCUT2D eigenvalue weighted by molar-refractivity contribution is -0.118. The van der Waals surface area contributed by atoms with Crippen LogP contribution in [0.2, 0.25) is 0 Å². The van der Waals surface area contributed by atoms with Gasteiger partial charge in [0, 0.05) is 17.1 Å². The van der Waals surface area contributed by atoms with Crippen LogP contribution in [-0.2, 0) is 4.79 Å². The third-order valence-electron chi connectivity index (χ3n) is 5.39. The van der Waals surface area contributed by atoms with Gasteiger partial charge >= 0.3 is 0 Å². The maximum atomic E-state index is 12.9. The standard InChI is InChI=1S/C27H25N3O5/c1-17-10-12-20(19-7-6-14-28-26(17)19)30-27(32)18-11-13-23(24(15-18)34-3)35-16-25(31)29-21-8-4-5-9-22(21)33-2/h4-15H,16H2,1-3H3,(H,29,31)(H,30,32). The second kappa shape index (κ2) is 10.6. The van der Waals surface area contributed by atoms with Crippen molar-refractivity contribution in [1.29, 1.82) is 0 Å². The van der Waals surface area contributed by atoms with Gasteiger partial charge < -0.3 is 24.8 Å². The van der Waals surface area contributed by atoms with Crippen molar-refractivity contribution in [3.05, 3.63) is 84.1 Å².